The van der Waals surface area contributed by atoms with Crippen molar-refractivity contribution in [2.45, 2.75) is 33.7 Å². The summed E-state index contributed by atoms with van der Waals surface area (Å²) < 4.78 is 0. The van der Waals surface area contributed by atoms with Gasteiger partial charge in [0.05, 0.1) is 0 Å². The van der Waals surface area contributed by atoms with Crippen molar-refractivity contribution in [3.8, 4) is 0 Å². The maximum atomic E-state index is 4.12. The fourth-order valence-corrected chi connectivity index (χ4v) is 1.05. The van der Waals surface area contributed by atoms with E-state index in [4.69, 9.17) is 0 Å². The quantitative estimate of drug-likeness (QED) is 0.618. The highest BCUT2D eigenvalue weighted by atomic mass is 15.8. The Hall–Kier alpha value is -0.770. The van der Waals surface area contributed by atoms with Crippen LogP contribution in [0.3, 0.4) is 0 Å². The second kappa shape index (κ2) is 3.09. The molecule has 1 aliphatic rings. The normalized spacial score (nSPS) is 17.6. The third-order valence-electron chi connectivity index (χ3n) is 1.62. The SMILES string of the molecule is CC(C)C1=NNNN1C(C)C. The number of hydrogen-bond donors (Lipinski definition) is 2. The van der Waals surface area contributed by atoms with Gasteiger partial charge in [0.1, 0.15) is 5.84 Å². The van der Waals surface area contributed by atoms with Crippen molar-refractivity contribution < 1.29 is 0 Å². The van der Waals surface area contributed by atoms with E-state index >= 15 is 0 Å². The molecule has 0 amide bonds. The predicted molar refractivity (Wildman–Crippen MR) is 45.5 cm³/mol. The molecule has 0 unspecified atom stereocenters. The first kappa shape index (κ1) is 8.33. The molecule has 0 aliphatic carbocycles. The Morgan fingerprint density at radius 1 is 1.27 bits per heavy atom. The molecule has 11 heavy (non-hydrogen) atoms. The van der Waals surface area contributed by atoms with Crippen molar-refractivity contribution in [1.82, 2.24) is 16.1 Å². The molecule has 0 fully saturated rings. The van der Waals surface area contributed by atoms with Gasteiger partial charge < -0.3 is 0 Å². The van der Waals surface area contributed by atoms with Crippen LogP contribution in [0.25, 0.3) is 0 Å². The van der Waals surface area contributed by atoms with Gasteiger partial charge in [-0.15, -0.1) is 10.6 Å². The minimum absolute atomic E-state index is 0.436. The summed E-state index contributed by atoms with van der Waals surface area (Å²) >= 11 is 0. The first-order valence-electron chi connectivity index (χ1n) is 4.00. The zero-order valence-electron chi connectivity index (χ0n) is 7.55. The molecule has 0 aromatic heterocycles. The molecular weight excluding hydrogens is 140 g/mol. The lowest BCUT2D eigenvalue weighted by Crippen LogP contribution is -2.46. The molecule has 0 spiro atoms. The Bertz CT molecular complexity index is 162. The fraction of sp³-hybridized carbons (Fsp3) is 0.857. The average molecular weight is 156 g/mol. The molecule has 4 heteroatoms. The summed E-state index contributed by atoms with van der Waals surface area (Å²) in [7, 11) is 0. The zero-order valence-corrected chi connectivity index (χ0v) is 7.55. The highest BCUT2D eigenvalue weighted by molar-refractivity contribution is 5.84. The maximum Gasteiger partial charge on any atom is 0.144 e. The van der Waals surface area contributed by atoms with E-state index in [2.05, 4.69) is 43.9 Å². The van der Waals surface area contributed by atoms with Crippen molar-refractivity contribution in [3.05, 3.63) is 0 Å². The molecule has 0 saturated heterocycles. The second-order valence-corrected chi connectivity index (χ2v) is 3.31. The fourth-order valence-electron chi connectivity index (χ4n) is 1.05. The Kier molecular flexibility index (Phi) is 2.34. The molecule has 0 radical (unpaired) electrons. The molecule has 1 rings (SSSR count). The first-order chi connectivity index (χ1) is 5.13. The Morgan fingerprint density at radius 3 is 2.27 bits per heavy atom. The number of rotatable bonds is 2. The third-order valence-corrected chi connectivity index (χ3v) is 1.62. The van der Waals surface area contributed by atoms with Crippen LogP contribution in [0.5, 0.6) is 0 Å². The molecule has 2 N–H and O–H groups in total. The van der Waals surface area contributed by atoms with Gasteiger partial charge in [-0.1, -0.05) is 13.8 Å². The van der Waals surface area contributed by atoms with E-state index in [1.807, 2.05) is 5.01 Å². The summed E-state index contributed by atoms with van der Waals surface area (Å²) in [5.74, 6) is 1.53. The number of amidine groups is 1. The van der Waals surface area contributed by atoms with E-state index in [1.165, 1.54) is 0 Å². The minimum atomic E-state index is 0.436. The molecule has 0 atom stereocenters. The molecule has 0 aromatic carbocycles. The van der Waals surface area contributed by atoms with E-state index in [1.54, 1.807) is 0 Å². The van der Waals surface area contributed by atoms with Crippen LogP contribution in [0.15, 0.2) is 5.10 Å². The summed E-state index contributed by atoms with van der Waals surface area (Å²) in [4.78, 5) is 0. The number of hydrogen-bond acceptors (Lipinski definition) is 4. The summed E-state index contributed by atoms with van der Waals surface area (Å²) in [6.07, 6.45) is 0. The van der Waals surface area contributed by atoms with Crippen molar-refractivity contribution in [2.75, 3.05) is 0 Å². The molecule has 0 bridgehead atoms. The van der Waals surface area contributed by atoms with E-state index < -0.39 is 0 Å². The summed E-state index contributed by atoms with van der Waals surface area (Å²) in [6, 6.07) is 0.436. The first-order valence-corrected chi connectivity index (χ1v) is 4.00. The lowest BCUT2D eigenvalue weighted by atomic mass is 10.2. The van der Waals surface area contributed by atoms with E-state index in [-0.39, 0.29) is 0 Å². The second-order valence-electron chi connectivity index (χ2n) is 3.31. The van der Waals surface area contributed by atoms with Gasteiger partial charge >= 0.3 is 0 Å². The smallest absolute Gasteiger partial charge is 0.144 e. The van der Waals surface area contributed by atoms with Crippen LogP contribution >= 0.6 is 0 Å². The largest absolute Gasteiger partial charge is 0.272 e. The van der Waals surface area contributed by atoms with Gasteiger partial charge in [0.25, 0.3) is 0 Å². The molecular formula is C7H16N4. The number of hydrazone groups is 1. The minimum Gasteiger partial charge on any atom is -0.272 e. The molecule has 1 heterocycles. The highest BCUT2D eigenvalue weighted by Crippen LogP contribution is 2.07. The Balaban J connectivity index is 2.63. The van der Waals surface area contributed by atoms with Crippen molar-refractivity contribution in [3.63, 3.8) is 0 Å². The van der Waals surface area contributed by atoms with Crippen LogP contribution in [-0.2, 0) is 0 Å². The Morgan fingerprint density at radius 2 is 1.91 bits per heavy atom. The Labute approximate surface area is 67.6 Å². The van der Waals surface area contributed by atoms with Crippen LogP contribution in [0, 0.1) is 5.92 Å². The standard InChI is InChI=1S/C7H16N4/c1-5(2)7-8-9-10-11(7)6(3)4/h5-6,9-10H,1-4H3. The molecule has 4 nitrogen and oxygen atoms in total. The third kappa shape index (κ3) is 1.63. The number of nitrogens with zero attached hydrogens (tertiary/aromatic N) is 2. The van der Waals surface area contributed by atoms with Crippen molar-refractivity contribution in [2.24, 2.45) is 11.0 Å². The van der Waals surface area contributed by atoms with Crippen LogP contribution in [0.1, 0.15) is 27.7 Å². The summed E-state index contributed by atoms with van der Waals surface area (Å²) in [6.45, 7) is 8.50. The zero-order chi connectivity index (χ0) is 8.43. The monoisotopic (exact) mass is 156 g/mol. The van der Waals surface area contributed by atoms with Crippen LogP contribution < -0.4 is 11.1 Å². The van der Waals surface area contributed by atoms with Gasteiger partial charge in [0.15, 0.2) is 0 Å². The number of hydrazine groups is 2. The van der Waals surface area contributed by atoms with Crippen molar-refractivity contribution >= 4 is 5.84 Å². The highest BCUT2D eigenvalue weighted by Gasteiger charge is 2.21. The van der Waals surface area contributed by atoms with Gasteiger partial charge in [-0.3, -0.25) is 5.01 Å². The van der Waals surface area contributed by atoms with Gasteiger partial charge in [0.2, 0.25) is 0 Å². The molecule has 64 valence electrons. The lowest BCUT2D eigenvalue weighted by molar-refractivity contribution is 0.239. The van der Waals surface area contributed by atoms with E-state index in [0.717, 1.165) is 5.84 Å². The molecule has 0 saturated carbocycles. The summed E-state index contributed by atoms with van der Waals surface area (Å²) in [5, 5.41) is 6.15. The molecule has 0 aromatic rings. The number of nitrogens with one attached hydrogen (secondary N) is 2. The maximum absolute atomic E-state index is 4.12. The predicted octanol–water partition coefficient (Wildman–Crippen LogP) is 0.689. The lowest BCUT2D eigenvalue weighted by Gasteiger charge is -2.24. The summed E-state index contributed by atoms with van der Waals surface area (Å²) in [5.41, 5.74) is 5.72. The van der Waals surface area contributed by atoms with Gasteiger partial charge in [-0.05, 0) is 13.8 Å². The molecule has 1 aliphatic heterocycles. The van der Waals surface area contributed by atoms with E-state index in [9.17, 15) is 0 Å². The van der Waals surface area contributed by atoms with Gasteiger partial charge in [-0.2, -0.15) is 0 Å². The van der Waals surface area contributed by atoms with Crippen molar-refractivity contribution in [1.29, 1.82) is 0 Å². The van der Waals surface area contributed by atoms with Gasteiger partial charge in [0, 0.05) is 12.0 Å². The van der Waals surface area contributed by atoms with E-state index in [0.29, 0.717) is 12.0 Å². The van der Waals surface area contributed by atoms with Crippen LogP contribution in [0.2, 0.25) is 0 Å². The van der Waals surface area contributed by atoms with Gasteiger partial charge in [-0.25, -0.2) is 5.53 Å². The topological polar surface area (TPSA) is 39.7 Å². The van der Waals surface area contributed by atoms with Crippen LogP contribution in [-0.4, -0.2) is 16.9 Å². The van der Waals surface area contributed by atoms with Crippen LogP contribution in [0.4, 0.5) is 0 Å². The average Bonchev–Trinajstić information content (AvgIpc) is 2.32.